The Hall–Kier alpha value is -2.03. The second kappa shape index (κ2) is 4.09. The van der Waals surface area contributed by atoms with Crippen LogP contribution in [0.2, 0.25) is 0 Å². The molecule has 0 amide bonds. The quantitative estimate of drug-likeness (QED) is 0.801. The van der Waals surface area contributed by atoms with Crippen molar-refractivity contribution in [1.29, 1.82) is 0 Å². The maximum Gasteiger partial charge on any atom is 0.152 e. The highest BCUT2D eigenvalue weighted by molar-refractivity contribution is 5.86. The molecule has 1 aliphatic heterocycles. The van der Waals surface area contributed by atoms with E-state index in [9.17, 15) is 4.79 Å². The second-order valence-corrected chi connectivity index (χ2v) is 4.25. The Morgan fingerprint density at radius 3 is 3.00 bits per heavy atom. The Labute approximate surface area is 99.4 Å². The van der Waals surface area contributed by atoms with Gasteiger partial charge in [-0.15, -0.1) is 0 Å². The number of aryl methyl sites for hydroxylation is 1. The van der Waals surface area contributed by atoms with Gasteiger partial charge in [-0.2, -0.15) is 0 Å². The topological polar surface area (TPSA) is 42.2 Å². The van der Waals surface area contributed by atoms with Crippen LogP contribution in [0.3, 0.4) is 0 Å². The molecule has 2 heterocycles. The van der Waals surface area contributed by atoms with Gasteiger partial charge in [0.25, 0.3) is 0 Å². The van der Waals surface area contributed by atoms with Crippen molar-refractivity contribution in [3.63, 3.8) is 0 Å². The van der Waals surface area contributed by atoms with Crippen LogP contribution >= 0.6 is 0 Å². The van der Waals surface area contributed by atoms with Crippen LogP contribution in [0.15, 0.2) is 41.0 Å². The molecule has 3 nitrogen and oxygen atoms in total. The van der Waals surface area contributed by atoms with E-state index >= 15 is 0 Å². The molecule has 0 fully saturated rings. The third-order valence-corrected chi connectivity index (χ3v) is 3.22. The average Bonchev–Trinajstić information content (AvgIpc) is 2.91. The number of benzene rings is 1. The fourth-order valence-corrected chi connectivity index (χ4v) is 2.35. The summed E-state index contributed by atoms with van der Waals surface area (Å²) >= 11 is 0. The van der Waals surface area contributed by atoms with Gasteiger partial charge < -0.3 is 9.73 Å². The van der Waals surface area contributed by atoms with Crippen molar-refractivity contribution in [1.82, 2.24) is 0 Å². The predicted molar refractivity (Wildman–Crippen MR) is 65.2 cm³/mol. The first kappa shape index (κ1) is 10.1. The van der Waals surface area contributed by atoms with Crippen molar-refractivity contribution in [2.45, 2.75) is 18.9 Å². The fourth-order valence-electron chi connectivity index (χ4n) is 2.35. The minimum Gasteiger partial charge on any atom is -0.467 e. The minimum atomic E-state index is 0.165. The van der Waals surface area contributed by atoms with Crippen molar-refractivity contribution in [3.05, 3.63) is 53.5 Å². The summed E-state index contributed by atoms with van der Waals surface area (Å²) in [5.74, 6) is 0.927. The Morgan fingerprint density at radius 1 is 1.29 bits per heavy atom. The Morgan fingerprint density at radius 2 is 2.24 bits per heavy atom. The molecule has 1 aliphatic rings. The smallest absolute Gasteiger partial charge is 0.152 e. The van der Waals surface area contributed by atoms with Crippen LogP contribution < -0.4 is 5.32 Å². The number of carbonyl (C=O) groups is 1. The van der Waals surface area contributed by atoms with E-state index in [-0.39, 0.29) is 6.04 Å². The van der Waals surface area contributed by atoms with Gasteiger partial charge >= 0.3 is 0 Å². The molecule has 3 rings (SSSR count). The van der Waals surface area contributed by atoms with Gasteiger partial charge in [-0.25, -0.2) is 0 Å². The summed E-state index contributed by atoms with van der Waals surface area (Å²) in [5.41, 5.74) is 2.88. The molecule has 3 heteroatoms. The molecule has 0 bridgehead atoms. The standard InChI is InChI=1S/C14H13NO2/c16-9-11-4-1-3-10-6-7-12(15-14(10)11)13-5-2-8-17-13/h1-5,8-9,12,15H,6-7H2. The lowest BCUT2D eigenvalue weighted by Crippen LogP contribution is -2.18. The first-order valence-corrected chi connectivity index (χ1v) is 5.75. The lowest BCUT2D eigenvalue weighted by atomic mass is 9.94. The van der Waals surface area contributed by atoms with Crippen LogP contribution in [0.4, 0.5) is 5.69 Å². The summed E-state index contributed by atoms with van der Waals surface area (Å²) in [4.78, 5) is 11.0. The zero-order valence-corrected chi connectivity index (χ0v) is 9.35. The predicted octanol–water partition coefficient (Wildman–Crippen LogP) is 3.19. The maximum atomic E-state index is 11.0. The molecule has 86 valence electrons. The Kier molecular flexibility index (Phi) is 2.44. The zero-order valence-electron chi connectivity index (χ0n) is 9.35. The van der Waals surface area contributed by atoms with Gasteiger partial charge in [0.15, 0.2) is 6.29 Å². The van der Waals surface area contributed by atoms with Crippen LogP contribution in [-0.4, -0.2) is 6.29 Å². The maximum absolute atomic E-state index is 11.0. The van der Waals surface area contributed by atoms with E-state index in [0.29, 0.717) is 0 Å². The van der Waals surface area contributed by atoms with Crippen LogP contribution in [0.1, 0.15) is 34.1 Å². The molecule has 0 spiro atoms. The number of furan rings is 1. The first-order chi connectivity index (χ1) is 8.38. The molecule has 2 aromatic rings. The lowest BCUT2D eigenvalue weighted by molar-refractivity contribution is 0.112. The van der Waals surface area contributed by atoms with Gasteiger partial charge in [0.2, 0.25) is 0 Å². The average molecular weight is 227 g/mol. The highest BCUT2D eigenvalue weighted by Gasteiger charge is 2.22. The van der Waals surface area contributed by atoms with Gasteiger partial charge in [-0.3, -0.25) is 4.79 Å². The SMILES string of the molecule is O=Cc1cccc2c1NC(c1ccco1)CC2. The number of aldehydes is 1. The normalized spacial score (nSPS) is 18.2. The van der Waals surface area contributed by atoms with Gasteiger partial charge in [0.1, 0.15) is 5.76 Å². The van der Waals surface area contributed by atoms with E-state index in [1.165, 1.54) is 5.56 Å². The summed E-state index contributed by atoms with van der Waals surface area (Å²) < 4.78 is 5.41. The highest BCUT2D eigenvalue weighted by atomic mass is 16.3. The molecule has 1 aromatic heterocycles. The Bertz CT molecular complexity index is 531. The number of rotatable bonds is 2. The first-order valence-electron chi connectivity index (χ1n) is 5.75. The number of anilines is 1. The number of carbonyl (C=O) groups excluding carboxylic acids is 1. The Balaban J connectivity index is 1.96. The van der Waals surface area contributed by atoms with E-state index in [0.717, 1.165) is 36.1 Å². The van der Waals surface area contributed by atoms with E-state index < -0.39 is 0 Å². The number of para-hydroxylation sites is 1. The molecular weight excluding hydrogens is 214 g/mol. The molecule has 0 saturated heterocycles. The molecule has 1 atom stereocenters. The third-order valence-electron chi connectivity index (χ3n) is 3.22. The van der Waals surface area contributed by atoms with Crippen LogP contribution in [0, 0.1) is 0 Å². The number of hydrogen-bond acceptors (Lipinski definition) is 3. The molecule has 1 N–H and O–H groups in total. The van der Waals surface area contributed by atoms with Crippen molar-refractivity contribution in [3.8, 4) is 0 Å². The molecular formula is C14H13NO2. The van der Waals surface area contributed by atoms with E-state index in [1.54, 1.807) is 6.26 Å². The summed E-state index contributed by atoms with van der Waals surface area (Å²) in [7, 11) is 0. The van der Waals surface area contributed by atoms with Crippen LogP contribution in [0.5, 0.6) is 0 Å². The number of fused-ring (bicyclic) bond motifs is 1. The van der Waals surface area contributed by atoms with E-state index in [1.807, 2.05) is 24.3 Å². The van der Waals surface area contributed by atoms with Gasteiger partial charge in [-0.1, -0.05) is 12.1 Å². The third kappa shape index (κ3) is 1.73. The van der Waals surface area contributed by atoms with Crippen LogP contribution in [0.25, 0.3) is 0 Å². The lowest BCUT2D eigenvalue weighted by Gasteiger charge is -2.26. The summed E-state index contributed by atoms with van der Waals surface area (Å²) in [6, 6.07) is 9.84. The molecule has 0 radical (unpaired) electrons. The van der Waals surface area contributed by atoms with E-state index in [4.69, 9.17) is 4.42 Å². The monoisotopic (exact) mass is 227 g/mol. The summed E-state index contributed by atoms with van der Waals surface area (Å²) in [5, 5.41) is 3.39. The molecule has 0 saturated carbocycles. The van der Waals surface area contributed by atoms with Crippen LogP contribution in [-0.2, 0) is 6.42 Å². The molecule has 0 aliphatic carbocycles. The highest BCUT2D eigenvalue weighted by Crippen LogP contribution is 2.34. The number of hydrogen-bond donors (Lipinski definition) is 1. The van der Waals surface area contributed by atoms with Gasteiger partial charge in [0.05, 0.1) is 12.3 Å². The van der Waals surface area contributed by atoms with Gasteiger partial charge in [-0.05, 0) is 36.6 Å². The zero-order chi connectivity index (χ0) is 11.7. The van der Waals surface area contributed by atoms with Crippen molar-refractivity contribution < 1.29 is 9.21 Å². The van der Waals surface area contributed by atoms with Crippen molar-refractivity contribution in [2.75, 3.05) is 5.32 Å². The summed E-state index contributed by atoms with van der Waals surface area (Å²) in [6.45, 7) is 0. The van der Waals surface area contributed by atoms with Crippen molar-refractivity contribution in [2.24, 2.45) is 0 Å². The van der Waals surface area contributed by atoms with Gasteiger partial charge in [0, 0.05) is 11.3 Å². The second-order valence-electron chi connectivity index (χ2n) is 4.25. The van der Waals surface area contributed by atoms with E-state index in [2.05, 4.69) is 11.4 Å². The van der Waals surface area contributed by atoms with Crippen molar-refractivity contribution >= 4 is 12.0 Å². The molecule has 1 aromatic carbocycles. The number of nitrogens with one attached hydrogen (secondary N) is 1. The fraction of sp³-hybridized carbons (Fsp3) is 0.214. The molecule has 17 heavy (non-hydrogen) atoms. The molecule has 1 unspecified atom stereocenters. The largest absolute Gasteiger partial charge is 0.467 e. The minimum absolute atomic E-state index is 0.165. The summed E-state index contributed by atoms with van der Waals surface area (Å²) in [6.07, 6.45) is 4.53.